The molecule has 142 valence electrons. The Bertz CT molecular complexity index is 894. The minimum Gasteiger partial charge on any atom is -0.481 e. The summed E-state index contributed by atoms with van der Waals surface area (Å²) in [6, 6.07) is 9.38. The van der Waals surface area contributed by atoms with Gasteiger partial charge in [0.05, 0.1) is 34.7 Å². The van der Waals surface area contributed by atoms with Gasteiger partial charge in [0.1, 0.15) is 0 Å². The number of benzene rings is 1. The van der Waals surface area contributed by atoms with Crippen LogP contribution in [0.2, 0.25) is 0 Å². The molecule has 27 heavy (non-hydrogen) atoms. The number of aromatic nitrogens is 2. The number of hydrogen-bond donors (Lipinski definition) is 1. The van der Waals surface area contributed by atoms with E-state index in [2.05, 4.69) is 35.9 Å². The zero-order chi connectivity index (χ0) is 19.0. The first kappa shape index (κ1) is 18.0. The second kappa shape index (κ2) is 6.99. The van der Waals surface area contributed by atoms with Gasteiger partial charge in [0.2, 0.25) is 0 Å². The number of nitrogens with zero attached hydrogens (tertiary/aromatic N) is 3. The van der Waals surface area contributed by atoms with Crippen LogP contribution in [0.15, 0.2) is 18.2 Å². The molecule has 0 amide bonds. The Kier molecular flexibility index (Phi) is 4.67. The Morgan fingerprint density at radius 1 is 1.30 bits per heavy atom. The fraction of sp³-hybridized carbons (Fsp3) is 0.591. The van der Waals surface area contributed by atoms with Crippen molar-refractivity contribution in [3.8, 4) is 6.07 Å². The Morgan fingerprint density at radius 3 is 2.59 bits per heavy atom. The molecule has 0 bridgehead atoms. The first-order valence-corrected chi connectivity index (χ1v) is 10.2. The van der Waals surface area contributed by atoms with Crippen molar-refractivity contribution in [1.29, 1.82) is 5.26 Å². The second-order valence-corrected chi connectivity index (χ2v) is 8.22. The summed E-state index contributed by atoms with van der Waals surface area (Å²) in [6.45, 7) is 2.14. The van der Waals surface area contributed by atoms with Gasteiger partial charge in [-0.1, -0.05) is 31.9 Å². The molecule has 1 N–H and O–H groups in total. The third kappa shape index (κ3) is 3.01. The van der Waals surface area contributed by atoms with Gasteiger partial charge in [-0.25, -0.2) is 0 Å². The van der Waals surface area contributed by atoms with E-state index < -0.39 is 11.4 Å². The summed E-state index contributed by atoms with van der Waals surface area (Å²) >= 11 is 0. The predicted molar refractivity (Wildman–Crippen MR) is 104 cm³/mol. The van der Waals surface area contributed by atoms with Gasteiger partial charge in [-0.15, -0.1) is 0 Å². The minimum absolute atomic E-state index is 0.314. The van der Waals surface area contributed by atoms with Gasteiger partial charge in [-0.05, 0) is 56.6 Å². The lowest BCUT2D eigenvalue weighted by Gasteiger charge is -2.34. The maximum absolute atomic E-state index is 11.3. The van der Waals surface area contributed by atoms with Crippen LogP contribution >= 0.6 is 0 Å². The van der Waals surface area contributed by atoms with Gasteiger partial charge in [0, 0.05) is 5.39 Å². The summed E-state index contributed by atoms with van der Waals surface area (Å²) in [4.78, 5) is 11.3. The fourth-order valence-electron chi connectivity index (χ4n) is 5.01. The largest absolute Gasteiger partial charge is 0.481 e. The Morgan fingerprint density at radius 2 is 2.00 bits per heavy atom. The van der Waals surface area contributed by atoms with E-state index in [0.29, 0.717) is 31.7 Å². The number of carboxylic acid groups (broad SMARTS) is 1. The smallest absolute Gasteiger partial charge is 0.306 e. The van der Waals surface area contributed by atoms with Crippen molar-refractivity contribution in [3.63, 3.8) is 0 Å². The highest BCUT2D eigenvalue weighted by molar-refractivity contribution is 5.83. The van der Waals surface area contributed by atoms with Crippen LogP contribution in [0.4, 0.5) is 0 Å². The number of aryl methyl sites for hydroxylation is 1. The number of rotatable bonds is 4. The standard InChI is InChI=1S/C22H27N3O2/c1-2-19-18-8-7-16(13-20(18)25(24-19)17-5-3-4-6-17)22(14-23)11-9-15(10-12-22)21(26)27/h7-8,13,15,17H,2-6,9-12H2,1H3,(H,26,27)/t15-,22-. The maximum atomic E-state index is 11.3. The number of hydrogen-bond acceptors (Lipinski definition) is 3. The van der Waals surface area contributed by atoms with E-state index in [1.807, 2.05) is 0 Å². The van der Waals surface area contributed by atoms with E-state index in [4.69, 9.17) is 5.10 Å². The van der Waals surface area contributed by atoms with Crippen molar-refractivity contribution in [2.45, 2.75) is 76.2 Å². The number of aliphatic carboxylic acids is 1. The lowest BCUT2D eigenvalue weighted by atomic mass is 9.67. The second-order valence-electron chi connectivity index (χ2n) is 8.22. The average Bonchev–Trinajstić information content (AvgIpc) is 3.35. The molecule has 0 unspecified atom stereocenters. The number of carboxylic acids is 1. The highest BCUT2D eigenvalue weighted by atomic mass is 16.4. The molecular weight excluding hydrogens is 338 g/mol. The Labute approximate surface area is 160 Å². The van der Waals surface area contributed by atoms with Crippen LogP contribution in [-0.2, 0) is 16.6 Å². The SMILES string of the molecule is CCc1nn(C2CCCC2)c2cc([C@]3(C#N)CC[C@@H](C(=O)O)CC3)ccc12. The first-order valence-electron chi connectivity index (χ1n) is 10.2. The highest BCUT2D eigenvalue weighted by Crippen LogP contribution is 2.43. The monoisotopic (exact) mass is 365 g/mol. The summed E-state index contributed by atoms with van der Waals surface area (Å²) in [5, 5.41) is 25.4. The van der Waals surface area contributed by atoms with Gasteiger partial charge in [-0.2, -0.15) is 10.4 Å². The molecule has 1 heterocycles. The van der Waals surface area contributed by atoms with Crippen LogP contribution in [0.3, 0.4) is 0 Å². The molecule has 1 aromatic carbocycles. The van der Waals surface area contributed by atoms with Crippen LogP contribution in [-0.4, -0.2) is 20.9 Å². The van der Waals surface area contributed by atoms with Crippen molar-refractivity contribution in [3.05, 3.63) is 29.5 Å². The third-order valence-electron chi connectivity index (χ3n) is 6.74. The molecule has 2 aromatic rings. The topological polar surface area (TPSA) is 78.9 Å². The molecule has 1 aromatic heterocycles. The van der Waals surface area contributed by atoms with Gasteiger partial charge in [-0.3, -0.25) is 9.48 Å². The molecule has 0 atom stereocenters. The van der Waals surface area contributed by atoms with E-state index in [9.17, 15) is 15.2 Å². The number of carbonyl (C=O) groups is 1. The van der Waals surface area contributed by atoms with Gasteiger partial charge in [0.25, 0.3) is 0 Å². The molecule has 2 aliphatic carbocycles. The minimum atomic E-state index is -0.733. The van der Waals surface area contributed by atoms with E-state index >= 15 is 0 Å². The highest BCUT2D eigenvalue weighted by Gasteiger charge is 2.39. The van der Waals surface area contributed by atoms with Crippen molar-refractivity contribution >= 4 is 16.9 Å². The third-order valence-corrected chi connectivity index (χ3v) is 6.74. The number of fused-ring (bicyclic) bond motifs is 1. The summed E-state index contributed by atoms with van der Waals surface area (Å²) in [6.07, 6.45) is 8.14. The summed E-state index contributed by atoms with van der Waals surface area (Å²) < 4.78 is 2.21. The predicted octanol–water partition coefficient (Wildman–Crippen LogP) is 4.75. The number of nitriles is 1. The molecule has 0 saturated heterocycles. The van der Waals surface area contributed by atoms with Crippen LogP contribution in [0.25, 0.3) is 10.9 Å². The van der Waals surface area contributed by atoms with Crippen LogP contribution in [0.1, 0.15) is 75.6 Å². The van der Waals surface area contributed by atoms with Gasteiger partial charge >= 0.3 is 5.97 Å². The average molecular weight is 365 g/mol. The zero-order valence-corrected chi connectivity index (χ0v) is 15.9. The van der Waals surface area contributed by atoms with E-state index in [-0.39, 0.29) is 5.92 Å². The van der Waals surface area contributed by atoms with E-state index in [0.717, 1.165) is 23.2 Å². The van der Waals surface area contributed by atoms with Gasteiger partial charge < -0.3 is 5.11 Å². The summed E-state index contributed by atoms with van der Waals surface area (Å²) in [5.74, 6) is -1.05. The lowest BCUT2D eigenvalue weighted by molar-refractivity contribution is -0.143. The molecule has 2 aliphatic rings. The molecular formula is C22H27N3O2. The Hall–Kier alpha value is -2.35. The van der Waals surface area contributed by atoms with E-state index in [1.54, 1.807) is 0 Å². The molecule has 0 spiro atoms. The maximum Gasteiger partial charge on any atom is 0.306 e. The Balaban J connectivity index is 1.75. The fourth-order valence-corrected chi connectivity index (χ4v) is 5.01. The van der Waals surface area contributed by atoms with Crippen LogP contribution in [0.5, 0.6) is 0 Å². The molecule has 2 saturated carbocycles. The van der Waals surface area contributed by atoms with Crippen LogP contribution in [0, 0.1) is 17.2 Å². The normalized spacial score (nSPS) is 26.3. The summed E-state index contributed by atoms with van der Waals surface area (Å²) in [7, 11) is 0. The lowest BCUT2D eigenvalue weighted by Crippen LogP contribution is -2.32. The molecule has 5 nitrogen and oxygen atoms in total. The zero-order valence-electron chi connectivity index (χ0n) is 15.9. The molecule has 4 rings (SSSR count). The van der Waals surface area contributed by atoms with E-state index in [1.165, 1.54) is 31.1 Å². The van der Waals surface area contributed by atoms with Crippen molar-refractivity contribution in [2.24, 2.45) is 5.92 Å². The molecule has 2 fully saturated rings. The van der Waals surface area contributed by atoms with Gasteiger partial charge in [0.15, 0.2) is 0 Å². The molecule has 0 aliphatic heterocycles. The van der Waals surface area contributed by atoms with Crippen molar-refractivity contribution in [1.82, 2.24) is 9.78 Å². The van der Waals surface area contributed by atoms with Crippen molar-refractivity contribution < 1.29 is 9.90 Å². The summed E-state index contributed by atoms with van der Waals surface area (Å²) in [5.41, 5.74) is 2.73. The van der Waals surface area contributed by atoms with Crippen molar-refractivity contribution in [2.75, 3.05) is 0 Å². The quantitative estimate of drug-likeness (QED) is 0.848. The molecule has 5 heteroatoms. The first-order chi connectivity index (χ1) is 13.1. The van der Waals surface area contributed by atoms with Crippen LogP contribution < -0.4 is 0 Å². The molecule has 0 radical (unpaired) electrons.